The summed E-state index contributed by atoms with van der Waals surface area (Å²) >= 11 is 0. The molecule has 0 amide bonds. The van der Waals surface area contributed by atoms with E-state index in [9.17, 15) is 0 Å². The van der Waals surface area contributed by atoms with Gasteiger partial charge in [0.15, 0.2) is 5.82 Å². The number of nitrogens with two attached hydrogens (primary N) is 2. The fourth-order valence-corrected chi connectivity index (χ4v) is 1.38. The minimum atomic E-state index is 0.503. The number of hydrogen-bond donors (Lipinski definition) is 2. The summed E-state index contributed by atoms with van der Waals surface area (Å²) in [7, 11) is 0. The average Bonchev–Trinajstić information content (AvgIpc) is 2.51. The molecule has 2 rings (SSSR count). The molecule has 0 aliphatic rings. The van der Waals surface area contributed by atoms with Crippen molar-refractivity contribution in [2.75, 3.05) is 12.3 Å². The van der Waals surface area contributed by atoms with Crippen LogP contribution in [-0.2, 0) is 6.54 Å². The first kappa shape index (κ1) is 8.00. The largest absolute Gasteiger partial charge is 0.382 e. The Kier molecular flexibility index (Phi) is 1.86. The molecular weight excluding hydrogens is 166 g/mol. The number of aromatic nitrogens is 3. The zero-order valence-corrected chi connectivity index (χ0v) is 7.14. The Morgan fingerprint density at radius 2 is 2.23 bits per heavy atom. The van der Waals surface area contributed by atoms with Crippen LogP contribution >= 0.6 is 0 Å². The first-order valence-electron chi connectivity index (χ1n) is 4.08. The van der Waals surface area contributed by atoms with Gasteiger partial charge in [-0.2, -0.15) is 0 Å². The molecule has 68 valence electrons. The van der Waals surface area contributed by atoms with Crippen molar-refractivity contribution in [3.05, 3.63) is 18.6 Å². The van der Waals surface area contributed by atoms with Gasteiger partial charge in [-0.25, -0.2) is 9.97 Å². The molecule has 0 unspecified atom stereocenters. The molecule has 0 aliphatic carbocycles. The second-order valence-corrected chi connectivity index (χ2v) is 2.79. The molecule has 13 heavy (non-hydrogen) atoms. The molecule has 0 radical (unpaired) electrons. The van der Waals surface area contributed by atoms with Crippen LogP contribution in [0.5, 0.6) is 0 Å². The van der Waals surface area contributed by atoms with Gasteiger partial charge in [-0.15, -0.1) is 0 Å². The van der Waals surface area contributed by atoms with E-state index in [0.717, 1.165) is 17.6 Å². The fourth-order valence-electron chi connectivity index (χ4n) is 1.38. The van der Waals surface area contributed by atoms with E-state index in [2.05, 4.69) is 9.97 Å². The monoisotopic (exact) mass is 177 g/mol. The van der Waals surface area contributed by atoms with Crippen LogP contribution in [0, 0.1) is 0 Å². The summed E-state index contributed by atoms with van der Waals surface area (Å²) < 4.78 is 1.96. The summed E-state index contributed by atoms with van der Waals surface area (Å²) in [6, 6.07) is 1.91. The molecule has 0 aromatic carbocycles. The maximum Gasteiger partial charge on any atom is 0.151 e. The maximum absolute atomic E-state index is 5.72. The van der Waals surface area contributed by atoms with Crippen molar-refractivity contribution in [2.45, 2.75) is 6.54 Å². The third kappa shape index (κ3) is 1.23. The molecule has 4 N–H and O–H groups in total. The highest BCUT2D eigenvalue weighted by Gasteiger charge is 2.04. The van der Waals surface area contributed by atoms with Crippen molar-refractivity contribution in [2.24, 2.45) is 5.73 Å². The molecular formula is C8H11N5. The van der Waals surface area contributed by atoms with Crippen LogP contribution in [0.4, 0.5) is 5.82 Å². The van der Waals surface area contributed by atoms with E-state index < -0.39 is 0 Å². The lowest BCUT2D eigenvalue weighted by Gasteiger charge is -2.03. The summed E-state index contributed by atoms with van der Waals surface area (Å²) in [5, 5.41) is 0. The first-order valence-corrected chi connectivity index (χ1v) is 4.08. The second kappa shape index (κ2) is 3.02. The van der Waals surface area contributed by atoms with Crippen molar-refractivity contribution < 1.29 is 0 Å². The van der Waals surface area contributed by atoms with Gasteiger partial charge in [0.2, 0.25) is 0 Å². The SMILES string of the molecule is NCCn1ccc2ncnc(N)c21. The zero-order valence-electron chi connectivity index (χ0n) is 7.14. The smallest absolute Gasteiger partial charge is 0.151 e. The first-order chi connectivity index (χ1) is 6.33. The number of nitrogens with zero attached hydrogens (tertiary/aromatic N) is 3. The Morgan fingerprint density at radius 1 is 1.38 bits per heavy atom. The van der Waals surface area contributed by atoms with E-state index in [0.29, 0.717) is 12.4 Å². The number of nitrogen functional groups attached to an aromatic ring is 1. The highest BCUT2D eigenvalue weighted by atomic mass is 15.0. The summed E-state index contributed by atoms with van der Waals surface area (Å²) in [6.07, 6.45) is 3.38. The predicted octanol–water partition coefficient (Wildman–Crippen LogP) is -0.0278. The highest BCUT2D eigenvalue weighted by molar-refractivity contribution is 5.84. The molecule has 5 heteroatoms. The van der Waals surface area contributed by atoms with Gasteiger partial charge in [0, 0.05) is 19.3 Å². The number of hydrogen-bond acceptors (Lipinski definition) is 4. The van der Waals surface area contributed by atoms with E-state index in [-0.39, 0.29) is 0 Å². The third-order valence-electron chi connectivity index (χ3n) is 1.95. The molecule has 0 atom stereocenters. The Morgan fingerprint density at radius 3 is 3.00 bits per heavy atom. The van der Waals surface area contributed by atoms with E-state index >= 15 is 0 Å². The summed E-state index contributed by atoms with van der Waals surface area (Å²) in [6.45, 7) is 1.32. The normalized spacial score (nSPS) is 10.8. The molecule has 0 fully saturated rings. The minimum Gasteiger partial charge on any atom is -0.382 e. The van der Waals surface area contributed by atoms with Gasteiger partial charge in [0.1, 0.15) is 11.8 Å². The van der Waals surface area contributed by atoms with Crippen LogP contribution in [0.2, 0.25) is 0 Å². The minimum absolute atomic E-state index is 0.503. The molecule has 0 spiro atoms. The Bertz CT molecular complexity index is 419. The van der Waals surface area contributed by atoms with Crippen LogP contribution in [0.3, 0.4) is 0 Å². The lowest BCUT2D eigenvalue weighted by atomic mass is 10.4. The van der Waals surface area contributed by atoms with Crippen molar-refractivity contribution in [3.63, 3.8) is 0 Å². The molecule has 0 saturated carbocycles. The zero-order chi connectivity index (χ0) is 9.26. The van der Waals surface area contributed by atoms with Crippen molar-refractivity contribution >= 4 is 16.9 Å². The maximum atomic E-state index is 5.72. The van der Waals surface area contributed by atoms with Crippen LogP contribution in [0.1, 0.15) is 0 Å². The van der Waals surface area contributed by atoms with E-state index in [1.165, 1.54) is 6.33 Å². The standard InChI is InChI=1S/C8H11N5/c9-2-4-13-3-1-6-7(13)8(10)12-5-11-6/h1,3,5H,2,4,9H2,(H2,10,11,12). The summed E-state index contributed by atoms with van der Waals surface area (Å²) in [4.78, 5) is 8.02. The van der Waals surface area contributed by atoms with E-state index in [1.807, 2.05) is 16.8 Å². The van der Waals surface area contributed by atoms with Crippen molar-refractivity contribution in [1.29, 1.82) is 0 Å². The molecule has 0 aliphatic heterocycles. The van der Waals surface area contributed by atoms with Crippen LogP contribution in [-0.4, -0.2) is 21.1 Å². The average molecular weight is 177 g/mol. The van der Waals surface area contributed by atoms with Gasteiger partial charge in [-0.05, 0) is 6.07 Å². The van der Waals surface area contributed by atoms with Crippen molar-refractivity contribution in [3.8, 4) is 0 Å². The second-order valence-electron chi connectivity index (χ2n) is 2.79. The topological polar surface area (TPSA) is 82.8 Å². The van der Waals surface area contributed by atoms with Gasteiger partial charge in [-0.3, -0.25) is 0 Å². The number of anilines is 1. The highest BCUT2D eigenvalue weighted by Crippen LogP contribution is 2.16. The summed E-state index contributed by atoms with van der Waals surface area (Å²) in [5.41, 5.74) is 12.9. The van der Waals surface area contributed by atoms with Crippen LogP contribution in [0.25, 0.3) is 11.0 Å². The molecule has 0 saturated heterocycles. The Balaban J connectivity index is 2.64. The number of rotatable bonds is 2. The quantitative estimate of drug-likeness (QED) is 0.675. The summed E-state index contributed by atoms with van der Waals surface area (Å²) in [5.74, 6) is 0.503. The molecule has 5 nitrogen and oxygen atoms in total. The molecule has 2 aromatic rings. The van der Waals surface area contributed by atoms with Crippen LogP contribution < -0.4 is 11.5 Å². The fraction of sp³-hybridized carbons (Fsp3) is 0.250. The van der Waals surface area contributed by atoms with Gasteiger partial charge in [0.25, 0.3) is 0 Å². The Labute approximate surface area is 75.4 Å². The third-order valence-corrected chi connectivity index (χ3v) is 1.95. The Hall–Kier alpha value is -1.62. The van der Waals surface area contributed by atoms with Crippen molar-refractivity contribution in [1.82, 2.24) is 14.5 Å². The molecule has 2 heterocycles. The molecule has 0 bridgehead atoms. The predicted molar refractivity (Wildman–Crippen MR) is 51.0 cm³/mol. The van der Waals surface area contributed by atoms with Crippen LogP contribution in [0.15, 0.2) is 18.6 Å². The van der Waals surface area contributed by atoms with E-state index in [1.54, 1.807) is 0 Å². The van der Waals surface area contributed by atoms with Gasteiger partial charge >= 0.3 is 0 Å². The van der Waals surface area contributed by atoms with E-state index in [4.69, 9.17) is 11.5 Å². The number of fused-ring (bicyclic) bond motifs is 1. The van der Waals surface area contributed by atoms with Gasteiger partial charge < -0.3 is 16.0 Å². The van der Waals surface area contributed by atoms with Gasteiger partial charge in [0.05, 0.1) is 5.52 Å². The lowest BCUT2D eigenvalue weighted by Crippen LogP contribution is -2.09. The van der Waals surface area contributed by atoms with Gasteiger partial charge in [-0.1, -0.05) is 0 Å². The lowest BCUT2D eigenvalue weighted by molar-refractivity contribution is 0.735. The molecule has 2 aromatic heterocycles.